The van der Waals surface area contributed by atoms with E-state index in [1.807, 2.05) is 24.3 Å². The minimum Gasteiger partial charge on any atom is -0.313 e. The number of thioether (sulfide) groups is 1. The maximum absolute atomic E-state index is 6.17. The van der Waals surface area contributed by atoms with Crippen molar-refractivity contribution in [2.24, 2.45) is 7.05 Å². The van der Waals surface area contributed by atoms with E-state index in [-0.39, 0.29) is 0 Å². The van der Waals surface area contributed by atoms with Crippen molar-refractivity contribution >= 4 is 23.4 Å². The summed E-state index contributed by atoms with van der Waals surface area (Å²) in [6, 6.07) is 8.19. The Morgan fingerprint density at radius 1 is 1.40 bits per heavy atom. The fourth-order valence-electron chi connectivity index (χ4n) is 1.86. The summed E-state index contributed by atoms with van der Waals surface area (Å²) in [5.41, 5.74) is 0. The summed E-state index contributed by atoms with van der Waals surface area (Å²) in [6.07, 6.45) is 0.763. The number of aromatic nitrogens is 4. The van der Waals surface area contributed by atoms with E-state index in [4.69, 9.17) is 11.6 Å². The van der Waals surface area contributed by atoms with Gasteiger partial charge in [0.25, 0.3) is 0 Å². The molecule has 0 aliphatic carbocycles. The second kappa shape index (κ2) is 7.61. The predicted octanol–water partition coefficient (Wildman–Crippen LogP) is 2.18. The highest BCUT2D eigenvalue weighted by atomic mass is 35.5. The Hall–Kier alpha value is -1.11. The molecule has 0 bridgehead atoms. The normalized spacial score (nSPS) is 12.6. The summed E-state index contributed by atoms with van der Waals surface area (Å²) < 4.78 is 0. The summed E-state index contributed by atoms with van der Waals surface area (Å²) in [6.45, 7) is 3.01. The van der Waals surface area contributed by atoms with Crippen LogP contribution >= 0.6 is 23.4 Å². The molecule has 20 heavy (non-hydrogen) atoms. The van der Waals surface area contributed by atoms with Crippen molar-refractivity contribution < 1.29 is 0 Å². The van der Waals surface area contributed by atoms with Gasteiger partial charge in [0.2, 0.25) is 0 Å². The van der Waals surface area contributed by atoms with Gasteiger partial charge < -0.3 is 5.32 Å². The molecule has 0 saturated carbocycles. The van der Waals surface area contributed by atoms with E-state index < -0.39 is 0 Å². The summed E-state index contributed by atoms with van der Waals surface area (Å²) in [4.78, 5) is 2.59. The van der Waals surface area contributed by atoms with Gasteiger partial charge in [0.1, 0.15) is 0 Å². The van der Waals surface area contributed by atoms with Gasteiger partial charge in [-0.3, -0.25) is 0 Å². The third-order valence-corrected chi connectivity index (χ3v) is 4.43. The molecule has 1 N–H and O–H groups in total. The molecule has 5 nitrogen and oxygen atoms in total. The minimum absolute atomic E-state index is 0.297. The van der Waals surface area contributed by atoms with E-state index in [1.54, 1.807) is 18.8 Å². The number of rotatable bonds is 7. The molecule has 1 atom stereocenters. The van der Waals surface area contributed by atoms with E-state index in [0.717, 1.165) is 34.5 Å². The zero-order chi connectivity index (χ0) is 14.4. The number of hydrogen-bond donors (Lipinski definition) is 1. The molecule has 0 radical (unpaired) electrons. The Balaban J connectivity index is 1.94. The van der Waals surface area contributed by atoms with Crippen molar-refractivity contribution in [2.75, 3.05) is 12.3 Å². The molecule has 0 fully saturated rings. The van der Waals surface area contributed by atoms with Gasteiger partial charge in [-0.2, -0.15) is 4.80 Å². The van der Waals surface area contributed by atoms with Crippen molar-refractivity contribution in [3.8, 4) is 0 Å². The van der Waals surface area contributed by atoms with Crippen molar-refractivity contribution in [3.05, 3.63) is 35.1 Å². The first kappa shape index (κ1) is 15.3. The summed E-state index contributed by atoms with van der Waals surface area (Å²) >= 11 is 7.91. The van der Waals surface area contributed by atoms with Crippen LogP contribution in [-0.2, 0) is 13.5 Å². The molecule has 1 aromatic heterocycles. The molecule has 7 heteroatoms. The molecule has 2 rings (SSSR count). The van der Waals surface area contributed by atoms with Crippen LogP contribution in [0.4, 0.5) is 0 Å². The number of tetrazole rings is 1. The first-order chi connectivity index (χ1) is 9.69. The Kier molecular flexibility index (Phi) is 5.82. The van der Waals surface area contributed by atoms with Crippen molar-refractivity contribution in [3.63, 3.8) is 0 Å². The van der Waals surface area contributed by atoms with Crippen LogP contribution in [0.25, 0.3) is 0 Å². The van der Waals surface area contributed by atoms with Gasteiger partial charge in [-0.25, -0.2) is 0 Å². The van der Waals surface area contributed by atoms with Crippen LogP contribution < -0.4 is 5.32 Å². The van der Waals surface area contributed by atoms with Gasteiger partial charge in [0.05, 0.1) is 12.1 Å². The van der Waals surface area contributed by atoms with Crippen LogP contribution in [0.3, 0.4) is 0 Å². The van der Waals surface area contributed by atoms with E-state index >= 15 is 0 Å². The quantitative estimate of drug-likeness (QED) is 0.794. The maximum atomic E-state index is 6.17. The maximum Gasteiger partial charge on any atom is 0.176 e. The largest absolute Gasteiger partial charge is 0.313 e. The Morgan fingerprint density at radius 2 is 2.20 bits per heavy atom. The highest BCUT2D eigenvalue weighted by Gasteiger charge is 2.13. The van der Waals surface area contributed by atoms with E-state index in [1.165, 1.54) is 4.80 Å². The van der Waals surface area contributed by atoms with E-state index in [9.17, 15) is 0 Å². The lowest BCUT2D eigenvalue weighted by atomic mass is 10.2. The van der Waals surface area contributed by atoms with Crippen LogP contribution in [0, 0.1) is 0 Å². The minimum atomic E-state index is 0.297. The fraction of sp³-hybridized carbons (Fsp3) is 0.462. The van der Waals surface area contributed by atoms with E-state index in [2.05, 4.69) is 27.7 Å². The Bertz CT molecular complexity index is 545. The monoisotopic (exact) mass is 311 g/mol. The van der Waals surface area contributed by atoms with Gasteiger partial charge in [0.15, 0.2) is 5.82 Å². The fourth-order valence-corrected chi connectivity index (χ4v) is 3.15. The van der Waals surface area contributed by atoms with Gasteiger partial charge >= 0.3 is 0 Å². The lowest BCUT2D eigenvalue weighted by Gasteiger charge is -2.16. The number of nitrogens with zero attached hydrogens (tertiary/aromatic N) is 4. The molecule has 1 heterocycles. The summed E-state index contributed by atoms with van der Waals surface area (Å²) in [5.74, 6) is 1.67. The van der Waals surface area contributed by atoms with Gasteiger partial charge in [0, 0.05) is 23.1 Å². The van der Waals surface area contributed by atoms with Gasteiger partial charge in [-0.05, 0) is 23.9 Å². The zero-order valence-corrected chi connectivity index (χ0v) is 13.2. The lowest BCUT2D eigenvalue weighted by molar-refractivity contribution is 0.556. The smallest absolute Gasteiger partial charge is 0.176 e. The third kappa shape index (κ3) is 4.47. The molecule has 108 valence electrons. The van der Waals surface area contributed by atoms with E-state index in [0.29, 0.717) is 6.04 Å². The molecule has 0 spiro atoms. The highest BCUT2D eigenvalue weighted by molar-refractivity contribution is 7.99. The molecule has 1 aromatic carbocycles. The van der Waals surface area contributed by atoms with Crippen molar-refractivity contribution in [1.82, 2.24) is 25.5 Å². The van der Waals surface area contributed by atoms with Crippen molar-refractivity contribution in [1.29, 1.82) is 0 Å². The average molecular weight is 312 g/mol. The molecule has 0 aliphatic rings. The number of benzene rings is 1. The molecular weight excluding hydrogens is 294 g/mol. The highest BCUT2D eigenvalue weighted by Crippen LogP contribution is 2.27. The lowest BCUT2D eigenvalue weighted by Crippen LogP contribution is -2.33. The summed E-state index contributed by atoms with van der Waals surface area (Å²) in [7, 11) is 1.78. The van der Waals surface area contributed by atoms with Crippen LogP contribution in [0.15, 0.2) is 29.2 Å². The Labute approximate surface area is 128 Å². The van der Waals surface area contributed by atoms with Crippen LogP contribution in [0.1, 0.15) is 12.7 Å². The van der Waals surface area contributed by atoms with Gasteiger partial charge in [-0.15, -0.1) is 22.0 Å². The topological polar surface area (TPSA) is 55.6 Å². The number of halogens is 1. The number of likely N-dealkylation sites (N-methyl/N-ethyl adjacent to an activating group) is 1. The van der Waals surface area contributed by atoms with Crippen molar-refractivity contribution in [2.45, 2.75) is 24.3 Å². The first-order valence-corrected chi connectivity index (χ1v) is 7.89. The second-order valence-corrected chi connectivity index (χ2v) is 5.86. The molecular formula is C13H18ClN5S. The van der Waals surface area contributed by atoms with Crippen LogP contribution in [0.2, 0.25) is 5.02 Å². The molecule has 0 saturated heterocycles. The summed E-state index contributed by atoms with van der Waals surface area (Å²) in [5, 5.41) is 16.4. The molecule has 0 amide bonds. The predicted molar refractivity (Wildman–Crippen MR) is 82.1 cm³/mol. The molecule has 2 aromatic rings. The van der Waals surface area contributed by atoms with Crippen LogP contribution in [-0.4, -0.2) is 38.5 Å². The molecule has 0 aliphatic heterocycles. The standard InChI is InChI=1S/C13H18ClN5S/c1-3-15-10(8-13-16-18-19(2)17-13)9-20-12-7-5-4-6-11(12)14/h4-7,10,15H,3,8-9H2,1-2H3. The third-order valence-electron chi connectivity index (χ3n) is 2.75. The first-order valence-electron chi connectivity index (χ1n) is 6.52. The number of aryl methyl sites for hydroxylation is 1. The SMILES string of the molecule is CCNC(CSc1ccccc1Cl)Cc1nnn(C)n1. The molecule has 1 unspecified atom stereocenters. The number of hydrogen-bond acceptors (Lipinski definition) is 5. The van der Waals surface area contributed by atoms with Gasteiger partial charge in [-0.1, -0.05) is 30.7 Å². The average Bonchev–Trinajstić information content (AvgIpc) is 2.83. The zero-order valence-electron chi connectivity index (χ0n) is 11.6. The number of nitrogens with one attached hydrogen (secondary N) is 1. The Morgan fingerprint density at radius 3 is 2.85 bits per heavy atom. The van der Waals surface area contributed by atoms with Crippen LogP contribution in [0.5, 0.6) is 0 Å². The second-order valence-electron chi connectivity index (χ2n) is 4.40.